The molecular formula is C29H43N5O5. The monoisotopic (exact) mass is 541 g/mol. The summed E-state index contributed by atoms with van der Waals surface area (Å²) in [6.45, 7) is 4.17. The minimum Gasteiger partial charge on any atom is -0.343 e. The molecule has 3 atom stereocenters. The molecule has 0 radical (unpaired) electrons. The van der Waals surface area contributed by atoms with Gasteiger partial charge in [0.15, 0.2) is 0 Å². The van der Waals surface area contributed by atoms with Crippen molar-refractivity contribution >= 4 is 29.5 Å². The van der Waals surface area contributed by atoms with E-state index in [-0.39, 0.29) is 47.7 Å². The van der Waals surface area contributed by atoms with Crippen LogP contribution in [0.1, 0.15) is 83.5 Å². The van der Waals surface area contributed by atoms with E-state index in [1.807, 2.05) is 36.8 Å². The molecule has 4 fully saturated rings. The smallest absolute Gasteiger partial charge is 0.230 e. The molecule has 0 bridgehead atoms. The Bertz CT molecular complexity index is 999. The number of hydrogen-bond acceptors (Lipinski definition) is 5. The fourth-order valence-corrected chi connectivity index (χ4v) is 7.13. The van der Waals surface area contributed by atoms with Crippen LogP contribution in [-0.4, -0.2) is 111 Å². The van der Waals surface area contributed by atoms with Crippen LogP contribution in [0.4, 0.5) is 0 Å². The van der Waals surface area contributed by atoms with Crippen molar-refractivity contribution in [3.63, 3.8) is 0 Å². The molecule has 5 heterocycles. The standard InChI is InChI=1S/C29H43N5O5/c35-25-6-1-13-30(25)18-11-22(32-15-3-8-27(32)37)20-24(34-17-5-10-29(34)39)21-23(33-16-4-9-28(33)38)12-19-31-14-2-7-26(31)36/h3,15,22-24H,1-2,4-14,16-21H2/t22-,23-,24-/m1/s1. The van der Waals surface area contributed by atoms with Crippen LogP contribution >= 0.6 is 0 Å². The fourth-order valence-electron chi connectivity index (χ4n) is 7.13. The number of amides is 5. The van der Waals surface area contributed by atoms with Gasteiger partial charge in [-0.05, 0) is 51.4 Å². The van der Waals surface area contributed by atoms with E-state index in [1.165, 1.54) is 0 Å². The predicted octanol–water partition coefficient (Wildman–Crippen LogP) is 1.89. The van der Waals surface area contributed by atoms with Crippen LogP contribution in [0.3, 0.4) is 0 Å². The van der Waals surface area contributed by atoms with E-state index in [1.54, 1.807) is 0 Å². The van der Waals surface area contributed by atoms with Gasteiger partial charge in [0, 0.05) is 95.7 Å². The van der Waals surface area contributed by atoms with Crippen molar-refractivity contribution in [1.82, 2.24) is 24.5 Å². The molecule has 0 N–H and O–H groups in total. The van der Waals surface area contributed by atoms with Crippen molar-refractivity contribution in [3.8, 4) is 0 Å². The van der Waals surface area contributed by atoms with Crippen LogP contribution in [0, 0.1) is 0 Å². The Morgan fingerprint density at radius 1 is 0.564 bits per heavy atom. The fraction of sp³-hybridized carbons (Fsp3) is 0.759. The number of rotatable bonds is 13. The molecule has 5 aliphatic rings. The van der Waals surface area contributed by atoms with Gasteiger partial charge >= 0.3 is 0 Å². The Morgan fingerprint density at radius 3 is 1.51 bits per heavy atom. The van der Waals surface area contributed by atoms with Crippen molar-refractivity contribution in [3.05, 3.63) is 12.3 Å². The predicted molar refractivity (Wildman–Crippen MR) is 144 cm³/mol. The lowest BCUT2D eigenvalue weighted by atomic mass is 9.93. The summed E-state index contributed by atoms with van der Waals surface area (Å²) in [7, 11) is 0. The number of nitrogens with zero attached hydrogens (tertiary/aromatic N) is 5. The zero-order valence-corrected chi connectivity index (χ0v) is 23.1. The van der Waals surface area contributed by atoms with Gasteiger partial charge in [-0.15, -0.1) is 0 Å². The van der Waals surface area contributed by atoms with E-state index in [9.17, 15) is 24.0 Å². The topological polar surface area (TPSA) is 102 Å². The number of carbonyl (C=O) groups is 5. The molecule has 0 aromatic heterocycles. The Kier molecular flexibility index (Phi) is 8.87. The SMILES string of the molecule is O=C1CCCN1CC[C@H](C[C@H](C[C@@H](CCN1CCCC1=O)N1CCCC1=O)N1CCCC1=O)N1C=CCC1=O. The third kappa shape index (κ3) is 6.47. The molecule has 10 nitrogen and oxygen atoms in total. The van der Waals surface area contributed by atoms with Crippen LogP contribution in [0.5, 0.6) is 0 Å². The number of likely N-dealkylation sites (tertiary alicyclic amines) is 4. The highest BCUT2D eigenvalue weighted by atomic mass is 16.2. The van der Waals surface area contributed by atoms with Gasteiger partial charge in [0.1, 0.15) is 0 Å². The second-order valence-electron chi connectivity index (χ2n) is 11.8. The number of hydrogen-bond donors (Lipinski definition) is 0. The summed E-state index contributed by atoms with van der Waals surface area (Å²) in [6, 6.07) is -0.302. The summed E-state index contributed by atoms with van der Waals surface area (Å²) in [4.78, 5) is 72.8. The Balaban J connectivity index is 1.35. The number of carbonyl (C=O) groups excluding carboxylic acids is 5. The third-order valence-electron chi connectivity index (χ3n) is 9.24. The maximum atomic E-state index is 13.0. The van der Waals surface area contributed by atoms with Crippen molar-refractivity contribution < 1.29 is 24.0 Å². The van der Waals surface area contributed by atoms with Crippen LogP contribution in [0.25, 0.3) is 0 Å². The molecule has 0 unspecified atom stereocenters. The highest BCUT2D eigenvalue weighted by Crippen LogP contribution is 2.30. The van der Waals surface area contributed by atoms with Crippen molar-refractivity contribution in [2.24, 2.45) is 0 Å². The van der Waals surface area contributed by atoms with Gasteiger partial charge in [0.2, 0.25) is 29.5 Å². The molecule has 5 rings (SSSR count). The summed E-state index contributed by atoms with van der Waals surface area (Å²) >= 11 is 0. The van der Waals surface area contributed by atoms with Gasteiger partial charge in [-0.25, -0.2) is 0 Å². The molecule has 214 valence electrons. The average molecular weight is 542 g/mol. The van der Waals surface area contributed by atoms with Crippen LogP contribution in [0.15, 0.2) is 12.3 Å². The van der Waals surface area contributed by atoms with Crippen LogP contribution < -0.4 is 0 Å². The van der Waals surface area contributed by atoms with Gasteiger partial charge in [-0.3, -0.25) is 24.0 Å². The van der Waals surface area contributed by atoms with E-state index in [0.29, 0.717) is 84.0 Å². The first-order chi connectivity index (χ1) is 18.9. The summed E-state index contributed by atoms with van der Waals surface area (Å²) in [5.74, 6) is 0.702. The first kappa shape index (κ1) is 27.6. The first-order valence-corrected chi connectivity index (χ1v) is 15.0. The third-order valence-corrected chi connectivity index (χ3v) is 9.24. The van der Waals surface area contributed by atoms with Gasteiger partial charge in [0.25, 0.3) is 0 Å². The molecule has 39 heavy (non-hydrogen) atoms. The lowest BCUT2D eigenvalue weighted by Crippen LogP contribution is -2.48. The Labute approximate surface area is 231 Å². The van der Waals surface area contributed by atoms with E-state index in [0.717, 1.165) is 38.8 Å². The highest BCUT2D eigenvalue weighted by Gasteiger charge is 2.38. The molecule has 5 aliphatic heterocycles. The Hall–Kier alpha value is -2.91. The lowest BCUT2D eigenvalue weighted by molar-refractivity contribution is -0.132. The van der Waals surface area contributed by atoms with Crippen molar-refractivity contribution in [2.45, 2.75) is 102 Å². The lowest BCUT2D eigenvalue weighted by Gasteiger charge is -2.39. The van der Waals surface area contributed by atoms with Gasteiger partial charge < -0.3 is 24.5 Å². The highest BCUT2D eigenvalue weighted by molar-refractivity contribution is 5.82. The molecule has 0 aliphatic carbocycles. The summed E-state index contributed by atoms with van der Waals surface area (Å²) in [5, 5.41) is 0. The molecule has 10 heteroatoms. The summed E-state index contributed by atoms with van der Waals surface area (Å²) in [5.41, 5.74) is 0. The van der Waals surface area contributed by atoms with Crippen LogP contribution in [0.2, 0.25) is 0 Å². The first-order valence-electron chi connectivity index (χ1n) is 15.0. The second-order valence-corrected chi connectivity index (χ2v) is 11.8. The van der Waals surface area contributed by atoms with Crippen molar-refractivity contribution in [1.29, 1.82) is 0 Å². The normalized spacial score (nSPS) is 24.3. The maximum absolute atomic E-state index is 13.0. The van der Waals surface area contributed by atoms with Gasteiger partial charge in [-0.2, -0.15) is 0 Å². The van der Waals surface area contributed by atoms with E-state index >= 15 is 0 Å². The largest absolute Gasteiger partial charge is 0.343 e. The minimum atomic E-state index is -0.127. The van der Waals surface area contributed by atoms with E-state index in [4.69, 9.17) is 0 Å². The second kappa shape index (κ2) is 12.5. The quantitative estimate of drug-likeness (QED) is 0.354. The maximum Gasteiger partial charge on any atom is 0.230 e. The molecule has 0 aromatic carbocycles. The van der Waals surface area contributed by atoms with Crippen molar-refractivity contribution in [2.75, 3.05) is 39.3 Å². The van der Waals surface area contributed by atoms with Gasteiger partial charge in [-0.1, -0.05) is 6.08 Å². The van der Waals surface area contributed by atoms with E-state index < -0.39 is 0 Å². The molecular weight excluding hydrogens is 498 g/mol. The van der Waals surface area contributed by atoms with Gasteiger partial charge in [0.05, 0.1) is 0 Å². The molecule has 0 spiro atoms. The summed E-state index contributed by atoms with van der Waals surface area (Å²) < 4.78 is 0. The molecule has 4 saturated heterocycles. The molecule has 0 saturated carbocycles. The minimum absolute atomic E-state index is 0.0538. The Morgan fingerprint density at radius 2 is 1.05 bits per heavy atom. The van der Waals surface area contributed by atoms with Crippen LogP contribution in [-0.2, 0) is 24.0 Å². The zero-order valence-electron chi connectivity index (χ0n) is 23.1. The zero-order chi connectivity index (χ0) is 27.4. The molecule has 0 aromatic rings. The van der Waals surface area contributed by atoms with E-state index in [2.05, 4.69) is 0 Å². The average Bonchev–Trinajstić information content (AvgIpc) is 3.74. The summed E-state index contributed by atoms with van der Waals surface area (Å²) in [6.07, 6.45) is 12.4. The molecule has 5 amide bonds.